The number of rotatable bonds is 3. The zero-order valence-corrected chi connectivity index (χ0v) is 9.82. The normalized spacial score (nSPS) is 39.3. The SMILES string of the molecule is NNC(C1=COCCC1)C1CC2CCC1C2. The van der Waals surface area contributed by atoms with Crippen LogP contribution in [0.4, 0.5) is 0 Å². The van der Waals surface area contributed by atoms with Crippen molar-refractivity contribution in [3.8, 4) is 0 Å². The Morgan fingerprint density at radius 2 is 2.31 bits per heavy atom. The van der Waals surface area contributed by atoms with Gasteiger partial charge in [-0.15, -0.1) is 0 Å². The molecule has 0 aromatic carbocycles. The van der Waals surface area contributed by atoms with Crippen molar-refractivity contribution in [1.82, 2.24) is 5.43 Å². The van der Waals surface area contributed by atoms with Gasteiger partial charge >= 0.3 is 0 Å². The van der Waals surface area contributed by atoms with Gasteiger partial charge in [-0.3, -0.25) is 11.3 Å². The Bertz CT molecular complexity index is 290. The first kappa shape index (κ1) is 10.6. The van der Waals surface area contributed by atoms with E-state index in [1.807, 2.05) is 6.26 Å². The number of nitrogens with one attached hydrogen (secondary N) is 1. The van der Waals surface area contributed by atoms with E-state index in [9.17, 15) is 0 Å². The molecule has 0 saturated heterocycles. The van der Waals surface area contributed by atoms with Crippen LogP contribution in [0.3, 0.4) is 0 Å². The number of hydrazine groups is 1. The van der Waals surface area contributed by atoms with Gasteiger partial charge in [0, 0.05) is 6.04 Å². The van der Waals surface area contributed by atoms with Gasteiger partial charge in [0.1, 0.15) is 0 Å². The zero-order chi connectivity index (χ0) is 11.0. The minimum absolute atomic E-state index is 0.371. The Morgan fingerprint density at radius 1 is 1.38 bits per heavy atom. The van der Waals surface area contributed by atoms with Crippen LogP contribution < -0.4 is 11.3 Å². The molecule has 2 saturated carbocycles. The first-order valence-electron chi connectivity index (χ1n) is 6.65. The molecule has 2 fully saturated rings. The summed E-state index contributed by atoms with van der Waals surface area (Å²) < 4.78 is 5.45. The lowest BCUT2D eigenvalue weighted by atomic mass is 9.79. The van der Waals surface area contributed by atoms with Crippen molar-refractivity contribution in [2.75, 3.05) is 6.61 Å². The van der Waals surface area contributed by atoms with Gasteiger partial charge < -0.3 is 4.74 Å². The molecular weight excluding hydrogens is 200 g/mol. The molecule has 3 heteroatoms. The van der Waals surface area contributed by atoms with Crippen LogP contribution in [0.2, 0.25) is 0 Å². The summed E-state index contributed by atoms with van der Waals surface area (Å²) in [7, 11) is 0. The smallest absolute Gasteiger partial charge is 0.0876 e. The summed E-state index contributed by atoms with van der Waals surface area (Å²) in [6.07, 6.45) is 9.94. The van der Waals surface area contributed by atoms with Crippen LogP contribution in [-0.2, 0) is 4.74 Å². The van der Waals surface area contributed by atoms with E-state index in [0.29, 0.717) is 6.04 Å². The molecule has 4 atom stereocenters. The summed E-state index contributed by atoms with van der Waals surface area (Å²) in [5.41, 5.74) is 4.44. The van der Waals surface area contributed by atoms with E-state index < -0.39 is 0 Å². The van der Waals surface area contributed by atoms with E-state index in [1.54, 1.807) is 0 Å². The van der Waals surface area contributed by atoms with Crippen molar-refractivity contribution < 1.29 is 4.74 Å². The maximum Gasteiger partial charge on any atom is 0.0876 e. The number of hydrogen-bond acceptors (Lipinski definition) is 3. The Hall–Kier alpha value is -0.540. The maximum atomic E-state index is 5.77. The third-order valence-electron chi connectivity index (χ3n) is 4.76. The predicted molar refractivity (Wildman–Crippen MR) is 63.3 cm³/mol. The molecular formula is C13H22N2O. The van der Waals surface area contributed by atoms with E-state index in [-0.39, 0.29) is 0 Å². The van der Waals surface area contributed by atoms with Crippen LogP contribution >= 0.6 is 0 Å². The lowest BCUT2D eigenvalue weighted by Crippen LogP contribution is -2.44. The monoisotopic (exact) mass is 222 g/mol. The van der Waals surface area contributed by atoms with Crippen LogP contribution in [0.15, 0.2) is 11.8 Å². The summed E-state index contributed by atoms with van der Waals surface area (Å²) in [5, 5.41) is 0. The maximum absolute atomic E-state index is 5.77. The largest absolute Gasteiger partial charge is 0.501 e. The van der Waals surface area contributed by atoms with Gasteiger partial charge in [-0.05, 0) is 55.4 Å². The first-order chi connectivity index (χ1) is 7.88. The Morgan fingerprint density at radius 3 is 2.88 bits per heavy atom. The Labute approximate surface area is 97.4 Å². The van der Waals surface area contributed by atoms with Crippen molar-refractivity contribution in [2.45, 2.75) is 44.6 Å². The summed E-state index contributed by atoms with van der Waals surface area (Å²) in [4.78, 5) is 0. The van der Waals surface area contributed by atoms with Crippen molar-refractivity contribution in [1.29, 1.82) is 0 Å². The van der Waals surface area contributed by atoms with Crippen LogP contribution in [0, 0.1) is 17.8 Å². The van der Waals surface area contributed by atoms with E-state index in [2.05, 4.69) is 5.43 Å². The quantitative estimate of drug-likeness (QED) is 0.567. The fourth-order valence-electron chi connectivity index (χ4n) is 4.02. The van der Waals surface area contributed by atoms with Gasteiger partial charge in [0.2, 0.25) is 0 Å². The first-order valence-corrected chi connectivity index (χ1v) is 6.65. The molecule has 1 aliphatic heterocycles. The highest BCUT2D eigenvalue weighted by atomic mass is 16.5. The van der Waals surface area contributed by atoms with E-state index in [0.717, 1.165) is 37.2 Å². The molecule has 0 aromatic heterocycles. The predicted octanol–water partition coefficient (Wildman–Crippen LogP) is 1.95. The fourth-order valence-corrected chi connectivity index (χ4v) is 4.02. The second-order valence-corrected chi connectivity index (χ2v) is 5.65. The van der Waals surface area contributed by atoms with Crippen molar-refractivity contribution in [3.05, 3.63) is 11.8 Å². The average molecular weight is 222 g/mol. The van der Waals surface area contributed by atoms with Crippen molar-refractivity contribution in [2.24, 2.45) is 23.6 Å². The molecule has 3 rings (SSSR count). The molecule has 2 bridgehead atoms. The summed E-state index contributed by atoms with van der Waals surface area (Å²) in [6, 6.07) is 0.371. The highest BCUT2D eigenvalue weighted by Crippen LogP contribution is 2.50. The van der Waals surface area contributed by atoms with E-state index in [4.69, 9.17) is 10.6 Å². The van der Waals surface area contributed by atoms with Gasteiger partial charge in [-0.25, -0.2) is 0 Å². The van der Waals surface area contributed by atoms with Gasteiger partial charge in [0.25, 0.3) is 0 Å². The lowest BCUT2D eigenvalue weighted by Gasteiger charge is -2.32. The Kier molecular flexibility index (Phi) is 2.90. The molecule has 90 valence electrons. The number of fused-ring (bicyclic) bond motifs is 2. The second kappa shape index (κ2) is 4.38. The lowest BCUT2D eigenvalue weighted by molar-refractivity contribution is 0.203. The topological polar surface area (TPSA) is 47.3 Å². The molecule has 1 heterocycles. The zero-order valence-electron chi connectivity index (χ0n) is 9.82. The summed E-state index contributed by atoms with van der Waals surface area (Å²) in [6.45, 7) is 0.873. The molecule has 16 heavy (non-hydrogen) atoms. The van der Waals surface area contributed by atoms with Gasteiger partial charge in [0.15, 0.2) is 0 Å². The van der Waals surface area contributed by atoms with Crippen LogP contribution in [0.1, 0.15) is 38.5 Å². The second-order valence-electron chi connectivity index (χ2n) is 5.65. The highest BCUT2D eigenvalue weighted by Gasteiger charge is 2.43. The van der Waals surface area contributed by atoms with Crippen molar-refractivity contribution in [3.63, 3.8) is 0 Å². The molecule has 4 unspecified atom stereocenters. The minimum atomic E-state index is 0.371. The van der Waals surface area contributed by atoms with Crippen molar-refractivity contribution >= 4 is 0 Å². The number of hydrogen-bond donors (Lipinski definition) is 2. The molecule has 0 amide bonds. The highest BCUT2D eigenvalue weighted by molar-refractivity contribution is 5.14. The molecule has 2 aliphatic carbocycles. The molecule has 3 nitrogen and oxygen atoms in total. The summed E-state index contributed by atoms with van der Waals surface area (Å²) in [5.74, 6) is 8.42. The average Bonchev–Trinajstić information content (AvgIpc) is 2.94. The van der Waals surface area contributed by atoms with E-state index in [1.165, 1.54) is 31.3 Å². The van der Waals surface area contributed by atoms with Crippen LogP contribution in [0.25, 0.3) is 0 Å². The number of nitrogens with two attached hydrogens (primary N) is 1. The molecule has 0 aromatic rings. The summed E-state index contributed by atoms with van der Waals surface area (Å²) >= 11 is 0. The fraction of sp³-hybridized carbons (Fsp3) is 0.846. The molecule has 0 radical (unpaired) electrons. The van der Waals surface area contributed by atoms with Crippen LogP contribution in [-0.4, -0.2) is 12.6 Å². The third-order valence-corrected chi connectivity index (χ3v) is 4.76. The Balaban J connectivity index is 1.73. The van der Waals surface area contributed by atoms with E-state index >= 15 is 0 Å². The number of ether oxygens (including phenoxy) is 1. The minimum Gasteiger partial charge on any atom is -0.501 e. The molecule has 0 spiro atoms. The van der Waals surface area contributed by atoms with Crippen LogP contribution in [0.5, 0.6) is 0 Å². The molecule has 3 N–H and O–H groups in total. The standard InChI is InChI=1S/C13H22N2O/c14-15-13(11-2-1-5-16-8-11)12-7-9-3-4-10(12)6-9/h8-10,12-13,15H,1-7,14H2. The van der Waals surface area contributed by atoms with Gasteiger partial charge in [0.05, 0.1) is 12.9 Å². The third kappa shape index (κ3) is 1.76. The molecule has 3 aliphatic rings. The van der Waals surface area contributed by atoms with Gasteiger partial charge in [-0.2, -0.15) is 0 Å². The van der Waals surface area contributed by atoms with Gasteiger partial charge in [-0.1, -0.05) is 6.42 Å².